The molecule has 0 saturated heterocycles. The number of anilines is 1. The summed E-state index contributed by atoms with van der Waals surface area (Å²) in [7, 11) is 6.26. The molecule has 1 aliphatic rings. The molecule has 3 nitrogen and oxygen atoms in total. The molecule has 1 aromatic rings. The number of hydrazine groups is 1. The summed E-state index contributed by atoms with van der Waals surface area (Å²) < 4.78 is 0. The first kappa shape index (κ1) is 12.0. The van der Waals surface area contributed by atoms with Gasteiger partial charge in [0.2, 0.25) is 0 Å². The van der Waals surface area contributed by atoms with E-state index in [-0.39, 0.29) is 0 Å². The van der Waals surface area contributed by atoms with Crippen LogP contribution in [0.2, 0.25) is 0 Å². The van der Waals surface area contributed by atoms with Gasteiger partial charge in [0.25, 0.3) is 0 Å². The van der Waals surface area contributed by atoms with Gasteiger partial charge in [0.05, 0.1) is 6.54 Å². The minimum Gasteiger partial charge on any atom is -0.378 e. The molecule has 0 fully saturated rings. The number of hydrogen-bond acceptors (Lipinski definition) is 3. The minimum atomic E-state index is 0.951. The lowest BCUT2D eigenvalue weighted by atomic mass is 10.2. The van der Waals surface area contributed by atoms with Crippen molar-refractivity contribution >= 4 is 5.69 Å². The number of rotatable bonds is 3. The number of nitrogens with zero attached hydrogens (tertiary/aromatic N) is 3. The zero-order valence-corrected chi connectivity index (χ0v) is 11.1. The highest BCUT2D eigenvalue weighted by atomic mass is 15.6. The maximum Gasteiger partial charge on any atom is 0.0593 e. The van der Waals surface area contributed by atoms with Crippen molar-refractivity contribution in [2.24, 2.45) is 0 Å². The van der Waals surface area contributed by atoms with Gasteiger partial charge in [-0.3, -0.25) is 0 Å². The summed E-state index contributed by atoms with van der Waals surface area (Å²) in [5, 5.41) is 4.56. The average molecular weight is 231 g/mol. The Hall–Kier alpha value is -1.48. The summed E-state index contributed by atoms with van der Waals surface area (Å²) in [6.07, 6.45) is 2.26. The Bertz CT molecular complexity index is 406. The van der Waals surface area contributed by atoms with E-state index in [4.69, 9.17) is 0 Å². The molecule has 1 aromatic carbocycles. The second-order valence-electron chi connectivity index (χ2n) is 4.80. The molecule has 0 aromatic heterocycles. The van der Waals surface area contributed by atoms with E-state index >= 15 is 0 Å². The Morgan fingerprint density at radius 3 is 2.29 bits per heavy atom. The van der Waals surface area contributed by atoms with Crippen LogP contribution in [0.3, 0.4) is 0 Å². The third-order valence-electron chi connectivity index (χ3n) is 3.26. The molecule has 0 radical (unpaired) electrons. The predicted octanol–water partition coefficient (Wildman–Crippen LogP) is 2.32. The number of hydrogen-bond donors (Lipinski definition) is 0. The van der Waals surface area contributed by atoms with Gasteiger partial charge in [-0.05, 0) is 30.7 Å². The maximum atomic E-state index is 2.31. The zero-order chi connectivity index (χ0) is 12.4. The average Bonchev–Trinajstić information content (AvgIpc) is 2.61. The Balaban J connectivity index is 2.06. The van der Waals surface area contributed by atoms with E-state index in [9.17, 15) is 0 Å². The van der Waals surface area contributed by atoms with Crippen LogP contribution in [0, 0.1) is 0 Å². The van der Waals surface area contributed by atoms with Gasteiger partial charge in [0, 0.05) is 39.1 Å². The molecule has 1 aliphatic heterocycles. The van der Waals surface area contributed by atoms with Crippen LogP contribution < -0.4 is 4.90 Å². The standard InChI is InChI=1S/C14H21N3/c1-12-9-10-16(4)17(12)11-13-5-7-14(8-6-13)15(2)3/h5-9H,10-11H2,1-4H3. The lowest BCUT2D eigenvalue weighted by Crippen LogP contribution is -2.32. The molecule has 0 saturated carbocycles. The van der Waals surface area contributed by atoms with E-state index in [1.165, 1.54) is 16.9 Å². The number of likely N-dealkylation sites (N-methyl/N-ethyl adjacent to an activating group) is 1. The van der Waals surface area contributed by atoms with Gasteiger partial charge in [-0.15, -0.1) is 0 Å². The molecule has 0 unspecified atom stereocenters. The summed E-state index contributed by atoms with van der Waals surface area (Å²) >= 11 is 0. The lowest BCUT2D eigenvalue weighted by molar-refractivity contribution is 0.0621. The van der Waals surface area contributed by atoms with E-state index in [2.05, 4.69) is 73.3 Å². The van der Waals surface area contributed by atoms with Crippen LogP contribution in [0.5, 0.6) is 0 Å². The molecule has 1 heterocycles. The fourth-order valence-electron chi connectivity index (χ4n) is 2.06. The van der Waals surface area contributed by atoms with Crippen molar-refractivity contribution in [3.63, 3.8) is 0 Å². The summed E-state index contributed by atoms with van der Waals surface area (Å²) in [5.41, 5.74) is 3.93. The Morgan fingerprint density at radius 2 is 1.82 bits per heavy atom. The molecule has 0 aliphatic carbocycles. The Labute approximate surface area is 104 Å². The van der Waals surface area contributed by atoms with E-state index in [0.717, 1.165) is 13.1 Å². The first-order chi connectivity index (χ1) is 8.08. The lowest BCUT2D eigenvalue weighted by Gasteiger charge is -2.28. The molecule has 0 N–H and O–H groups in total. The van der Waals surface area contributed by atoms with Gasteiger partial charge < -0.3 is 9.91 Å². The fourth-order valence-corrected chi connectivity index (χ4v) is 2.06. The van der Waals surface area contributed by atoms with Gasteiger partial charge >= 0.3 is 0 Å². The van der Waals surface area contributed by atoms with Gasteiger partial charge in [-0.2, -0.15) is 0 Å². The molecule has 0 atom stereocenters. The van der Waals surface area contributed by atoms with E-state index < -0.39 is 0 Å². The monoisotopic (exact) mass is 231 g/mol. The third kappa shape index (κ3) is 2.61. The normalized spacial score (nSPS) is 16.2. The minimum absolute atomic E-state index is 0.951. The van der Waals surface area contributed by atoms with Crippen LogP contribution in [0.25, 0.3) is 0 Å². The largest absolute Gasteiger partial charge is 0.378 e. The first-order valence-corrected chi connectivity index (χ1v) is 5.99. The van der Waals surface area contributed by atoms with Crippen molar-refractivity contribution in [1.29, 1.82) is 0 Å². The highest BCUT2D eigenvalue weighted by Crippen LogP contribution is 2.19. The van der Waals surface area contributed by atoms with Crippen molar-refractivity contribution in [3.05, 3.63) is 41.6 Å². The number of allylic oxidation sites excluding steroid dienone is 1. The first-order valence-electron chi connectivity index (χ1n) is 5.99. The molecule has 0 bridgehead atoms. The SMILES string of the molecule is CC1=CCN(C)N1Cc1ccc(N(C)C)cc1. The summed E-state index contributed by atoms with van der Waals surface area (Å²) in [6.45, 7) is 4.13. The topological polar surface area (TPSA) is 9.72 Å². The highest BCUT2D eigenvalue weighted by molar-refractivity contribution is 5.46. The molecular formula is C14H21N3. The molecular weight excluding hydrogens is 210 g/mol. The van der Waals surface area contributed by atoms with Gasteiger partial charge in [0.1, 0.15) is 0 Å². The molecule has 2 rings (SSSR count). The van der Waals surface area contributed by atoms with Crippen molar-refractivity contribution < 1.29 is 0 Å². The summed E-state index contributed by atoms with van der Waals surface area (Å²) in [5.74, 6) is 0. The second-order valence-corrected chi connectivity index (χ2v) is 4.80. The van der Waals surface area contributed by atoms with Gasteiger partial charge in [-0.25, -0.2) is 5.01 Å². The maximum absolute atomic E-state index is 2.31. The predicted molar refractivity (Wildman–Crippen MR) is 72.7 cm³/mol. The Morgan fingerprint density at radius 1 is 1.18 bits per heavy atom. The van der Waals surface area contributed by atoms with Crippen LogP contribution >= 0.6 is 0 Å². The van der Waals surface area contributed by atoms with Crippen LogP contribution in [0.4, 0.5) is 5.69 Å². The quantitative estimate of drug-likeness (QED) is 0.790. The zero-order valence-electron chi connectivity index (χ0n) is 11.1. The van der Waals surface area contributed by atoms with Crippen molar-refractivity contribution in [3.8, 4) is 0 Å². The fraction of sp³-hybridized carbons (Fsp3) is 0.429. The smallest absolute Gasteiger partial charge is 0.0593 e. The molecule has 3 heteroatoms. The van der Waals surface area contributed by atoms with E-state index in [1.807, 2.05) is 0 Å². The van der Waals surface area contributed by atoms with E-state index in [0.29, 0.717) is 0 Å². The summed E-state index contributed by atoms with van der Waals surface area (Å²) in [6, 6.07) is 8.75. The molecule has 17 heavy (non-hydrogen) atoms. The van der Waals surface area contributed by atoms with Gasteiger partial charge in [-0.1, -0.05) is 12.1 Å². The molecule has 0 spiro atoms. The van der Waals surface area contributed by atoms with Crippen LogP contribution in [0.15, 0.2) is 36.0 Å². The van der Waals surface area contributed by atoms with Crippen LogP contribution in [0.1, 0.15) is 12.5 Å². The van der Waals surface area contributed by atoms with Gasteiger partial charge in [0.15, 0.2) is 0 Å². The van der Waals surface area contributed by atoms with Crippen molar-refractivity contribution in [2.45, 2.75) is 13.5 Å². The molecule has 92 valence electrons. The summed E-state index contributed by atoms with van der Waals surface area (Å²) in [4.78, 5) is 2.12. The third-order valence-corrected chi connectivity index (χ3v) is 3.26. The Kier molecular flexibility index (Phi) is 3.38. The van der Waals surface area contributed by atoms with Crippen molar-refractivity contribution in [1.82, 2.24) is 10.0 Å². The number of benzene rings is 1. The molecule has 0 amide bonds. The van der Waals surface area contributed by atoms with Crippen molar-refractivity contribution in [2.75, 3.05) is 32.6 Å². The van der Waals surface area contributed by atoms with Crippen LogP contribution in [-0.2, 0) is 6.54 Å². The van der Waals surface area contributed by atoms with E-state index in [1.54, 1.807) is 0 Å². The second kappa shape index (κ2) is 4.80. The highest BCUT2D eigenvalue weighted by Gasteiger charge is 2.16. The van der Waals surface area contributed by atoms with Crippen LogP contribution in [-0.4, -0.2) is 37.7 Å².